The number of piperazine rings is 1. The van der Waals surface area contributed by atoms with Crippen molar-refractivity contribution in [1.82, 2.24) is 24.4 Å². The Bertz CT molecular complexity index is 1890. The van der Waals surface area contributed by atoms with E-state index in [4.69, 9.17) is 14.5 Å². The predicted octanol–water partition coefficient (Wildman–Crippen LogP) is 5.32. The van der Waals surface area contributed by atoms with E-state index in [-0.39, 0.29) is 89.6 Å². The fraction of sp³-hybridized carbons (Fsp3) is 0.457. The molecular formula is C35H43FN6O6. The van der Waals surface area contributed by atoms with Crippen molar-refractivity contribution in [2.45, 2.75) is 79.0 Å². The summed E-state index contributed by atoms with van der Waals surface area (Å²) in [5.41, 5.74) is 0.0830. The third kappa shape index (κ3) is 6.64. The highest BCUT2D eigenvalue weighted by Gasteiger charge is 2.37. The van der Waals surface area contributed by atoms with Crippen molar-refractivity contribution >= 4 is 22.9 Å². The molecule has 1 aromatic carbocycles. The summed E-state index contributed by atoms with van der Waals surface area (Å²) in [5.74, 6) is -0.600. The highest BCUT2D eigenvalue weighted by molar-refractivity contribution is 5.91. The van der Waals surface area contributed by atoms with Crippen molar-refractivity contribution in [3.63, 3.8) is 0 Å². The van der Waals surface area contributed by atoms with Gasteiger partial charge in [-0.05, 0) is 65.2 Å². The quantitative estimate of drug-likeness (QED) is 0.267. The molecular weight excluding hydrogens is 619 g/mol. The van der Waals surface area contributed by atoms with Crippen LogP contribution in [0.25, 0.3) is 28.0 Å². The lowest BCUT2D eigenvalue weighted by atomic mass is 10.0. The Hall–Kier alpha value is -4.78. The lowest BCUT2D eigenvalue weighted by molar-refractivity contribution is 0.0130. The number of aryl methyl sites for hydroxylation is 1. The number of fused-ring (bicyclic) bond motifs is 1. The van der Waals surface area contributed by atoms with E-state index in [0.29, 0.717) is 11.3 Å². The van der Waals surface area contributed by atoms with Crippen LogP contribution in [0.5, 0.6) is 11.5 Å². The van der Waals surface area contributed by atoms with Crippen LogP contribution < -0.4 is 15.3 Å². The lowest BCUT2D eigenvalue weighted by Crippen LogP contribution is -2.59. The Labute approximate surface area is 278 Å². The summed E-state index contributed by atoms with van der Waals surface area (Å²) in [6, 6.07) is 7.03. The minimum atomic E-state index is -0.722. The van der Waals surface area contributed by atoms with E-state index in [9.17, 15) is 19.8 Å². The summed E-state index contributed by atoms with van der Waals surface area (Å²) < 4.78 is 29.0. The molecule has 0 unspecified atom stereocenters. The van der Waals surface area contributed by atoms with Gasteiger partial charge in [-0.15, -0.1) is 0 Å². The van der Waals surface area contributed by atoms with Gasteiger partial charge in [0.1, 0.15) is 40.9 Å². The first kappa shape index (κ1) is 34.6. The number of rotatable bonds is 7. The van der Waals surface area contributed by atoms with Gasteiger partial charge < -0.3 is 29.5 Å². The van der Waals surface area contributed by atoms with Crippen LogP contribution >= 0.6 is 0 Å². The van der Waals surface area contributed by atoms with Crippen molar-refractivity contribution in [1.29, 1.82) is 0 Å². The van der Waals surface area contributed by atoms with Crippen LogP contribution in [0.15, 0.2) is 41.3 Å². The van der Waals surface area contributed by atoms with Gasteiger partial charge >= 0.3 is 11.8 Å². The number of phenols is 1. The van der Waals surface area contributed by atoms with Gasteiger partial charge in [-0.2, -0.15) is 4.98 Å². The number of nitrogens with zero attached hydrogens (tertiary/aromatic N) is 6. The second kappa shape index (κ2) is 13.4. The zero-order chi connectivity index (χ0) is 35.1. The zero-order valence-corrected chi connectivity index (χ0v) is 28.6. The minimum Gasteiger partial charge on any atom is -0.507 e. The van der Waals surface area contributed by atoms with E-state index in [0.717, 1.165) is 0 Å². The van der Waals surface area contributed by atoms with Gasteiger partial charge in [0.2, 0.25) is 0 Å². The molecule has 3 aromatic heterocycles. The molecule has 48 heavy (non-hydrogen) atoms. The number of hydrogen-bond acceptors (Lipinski definition) is 10. The van der Waals surface area contributed by atoms with E-state index in [2.05, 4.69) is 9.97 Å². The number of phenolic OH excluding ortho intramolecular Hbond substituents is 1. The Kier molecular flexibility index (Phi) is 9.63. The average molecular weight is 663 g/mol. The van der Waals surface area contributed by atoms with Crippen LogP contribution in [0.2, 0.25) is 0 Å². The minimum absolute atomic E-state index is 0.0472. The molecule has 1 amide bonds. The van der Waals surface area contributed by atoms with Gasteiger partial charge in [-0.3, -0.25) is 4.98 Å². The largest absolute Gasteiger partial charge is 0.507 e. The Morgan fingerprint density at radius 1 is 1.12 bits per heavy atom. The Morgan fingerprint density at radius 2 is 1.85 bits per heavy atom. The van der Waals surface area contributed by atoms with E-state index in [1.807, 2.05) is 32.6 Å². The maximum absolute atomic E-state index is 16.3. The van der Waals surface area contributed by atoms with Gasteiger partial charge in [0.05, 0.1) is 17.7 Å². The summed E-state index contributed by atoms with van der Waals surface area (Å²) in [5, 5.41) is 20.6. The van der Waals surface area contributed by atoms with Gasteiger partial charge in [0, 0.05) is 43.0 Å². The standard InChI is InChI=1S/C35H43FN6O6/c1-19(2)28-30(26(12-13-37-28)47-15-14-43)42-32-23(16-24(36)29(38-32)27-20(3)10-9-11-25(27)44)31(39-33(42)45)40-17-22(5)41(18-21(40)4)34(46)48-35(6,7)8/h9-13,16,19,21-22,43-44H,14-15,17-18H2,1-8H3/t21-,22+/m0/s1. The topological polar surface area (TPSA) is 143 Å². The summed E-state index contributed by atoms with van der Waals surface area (Å²) in [6.45, 7) is 15.0. The molecule has 0 radical (unpaired) electrons. The number of pyridine rings is 2. The van der Waals surface area contributed by atoms with Crippen LogP contribution in [-0.2, 0) is 4.74 Å². The maximum atomic E-state index is 16.3. The number of anilines is 1. The average Bonchev–Trinajstić information content (AvgIpc) is 3.00. The highest BCUT2D eigenvalue weighted by atomic mass is 19.1. The van der Waals surface area contributed by atoms with Crippen LogP contribution in [0.1, 0.15) is 65.6 Å². The number of benzene rings is 1. The van der Waals surface area contributed by atoms with E-state index in [1.54, 1.807) is 57.0 Å². The van der Waals surface area contributed by atoms with Crippen LogP contribution in [0, 0.1) is 12.7 Å². The summed E-state index contributed by atoms with van der Waals surface area (Å²) in [4.78, 5) is 44.7. The molecule has 0 bridgehead atoms. The molecule has 1 aliphatic heterocycles. The molecule has 0 saturated carbocycles. The second-order valence-corrected chi connectivity index (χ2v) is 13.5. The van der Waals surface area contributed by atoms with Gasteiger partial charge in [-0.1, -0.05) is 26.0 Å². The zero-order valence-electron chi connectivity index (χ0n) is 28.6. The maximum Gasteiger partial charge on any atom is 0.410 e. The fourth-order valence-electron chi connectivity index (χ4n) is 6.03. The highest BCUT2D eigenvalue weighted by Crippen LogP contribution is 2.38. The number of carbonyl (C=O) groups is 1. The lowest BCUT2D eigenvalue weighted by Gasteiger charge is -2.44. The predicted molar refractivity (Wildman–Crippen MR) is 181 cm³/mol. The third-order valence-corrected chi connectivity index (χ3v) is 8.21. The van der Waals surface area contributed by atoms with Crippen molar-refractivity contribution < 1.29 is 28.9 Å². The molecule has 256 valence electrons. The van der Waals surface area contributed by atoms with Crippen LogP contribution in [0.4, 0.5) is 15.0 Å². The van der Waals surface area contributed by atoms with Crippen molar-refractivity contribution in [2.75, 3.05) is 31.2 Å². The molecule has 0 aliphatic carbocycles. The molecule has 0 spiro atoms. The first-order chi connectivity index (χ1) is 22.6. The SMILES string of the molecule is Cc1cccc(O)c1-c1nc2c(cc1F)c(N1C[C@@H](C)N(C(=O)OC(C)(C)C)C[C@@H]1C)nc(=O)n2-c1c(OCCO)ccnc1C(C)C. The van der Waals surface area contributed by atoms with Crippen molar-refractivity contribution in [3.8, 4) is 28.4 Å². The van der Waals surface area contributed by atoms with Crippen LogP contribution in [-0.4, -0.2) is 84.7 Å². The van der Waals surface area contributed by atoms with E-state index >= 15 is 4.39 Å². The van der Waals surface area contributed by atoms with Gasteiger partial charge in [0.25, 0.3) is 0 Å². The molecule has 12 nitrogen and oxygen atoms in total. The Morgan fingerprint density at radius 3 is 2.50 bits per heavy atom. The van der Waals surface area contributed by atoms with Crippen molar-refractivity contribution in [2.24, 2.45) is 0 Å². The third-order valence-electron chi connectivity index (χ3n) is 8.21. The first-order valence-corrected chi connectivity index (χ1v) is 16.0. The number of aliphatic hydroxyl groups is 1. The fourth-order valence-corrected chi connectivity index (χ4v) is 6.03. The molecule has 13 heteroatoms. The number of carbonyl (C=O) groups excluding carboxylic acids is 1. The second-order valence-electron chi connectivity index (χ2n) is 13.5. The summed E-state index contributed by atoms with van der Waals surface area (Å²) in [6.07, 6.45) is 1.11. The molecule has 1 fully saturated rings. The molecule has 4 heterocycles. The number of halogens is 1. The number of aliphatic hydroxyl groups excluding tert-OH is 1. The number of ether oxygens (including phenoxy) is 2. The molecule has 5 rings (SSSR count). The number of aromatic nitrogens is 4. The first-order valence-electron chi connectivity index (χ1n) is 16.0. The molecule has 2 atom stereocenters. The number of amides is 1. The monoisotopic (exact) mass is 662 g/mol. The normalized spacial score (nSPS) is 16.9. The summed E-state index contributed by atoms with van der Waals surface area (Å²) in [7, 11) is 0. The summed E-state index contributed by atoms with van der Waals surface area (Å²) >= 11 is 0. The van der Waals surface area contributed by atoms with E-state index in [1.165, 1.54) is 16.7 Å². The van der Waals surface area contributed by atoms with Gasteiger partial charge in [0.15, 0.2) is 11.5 Å². The smallest absolute Gasteiger partial charge is 0.410 e. The molecule has 2 N–H and O–H groups in total. The van der Waals surface area contributed by atoms with E-state index < -0.39 is 23.2 Å². The van der Waals surface area contributed by atoms with Gasteiger partial charge in [-0.25, -0.2) is 23.5 Å². The number of aromatic hydroxyl groups is 1. The Balaban J connectivity index is 1.78. The number of hydrogen-bond donors (Lipinski definition) is 2. The molecule has 1 aliphatic rings. The van der Waals surface area contributed by atoms with Crippen molar-refractivity contribution in [3.05, 3.63) is 64.1 Å². The molecule has 4 aromatic rings. The van der Waals surface area contributed by atoms with Crippen LogP contribution in [0.3, 0.4) is 0 Å². The molecule has 1 saturated heterocycles.